The number of cyclic esters (lactones) is 1. The normalized spacial score (nSPS) is 18.6. The Bertz CT molecular complexity index is 924. The number of amides is 1. The monoisotopic (exact) mass is 417 g/mol. The zero-order valence-electron chi connectivity index (χ0n) is 15.1. The van der Waals surface area contributed by atoms with E-state index in [-0.39, 0.29) is 11.9 Å². The van der Waals surface area contributed by atoms with Crippen molar-refractivity contribution in [1.29, 1.82) is 0 Å². The van der Waals surface area contributed by atoms with Gasteiger partial charge in [0.2, 0.25) is 0 Å². The highest BCUT2D eigenvalue weighted by atomic mass is 32.1. The quantitative estimate of drug-likeness (QED) is 0.589. The number of benzene rings is 2. The van der Waals surface area contributed by atoms with Crippen molar-refractivity contribution < 1.29 is 13.9 Å². The highest BCUT2D eigenvalue weighted by Crippen LogP contribution is 2.30. The summed E-state index contributed by atoms with van der Waals surface area (Å²) in [4.78, 5) is 15.6. The van der Waals surface area contributed by atoms with Crippen LogP contribution in [-0.2, 0) is 17.7 Å². The number of thiol groups is 1. The maximum absolute atomic E-state index is 14.9. The number of thiocarbonyl (C=S) groups is 1. The molecule has 2 aliphatic heterocycles. The first-order valence-electron chi connectivity index (χ1n) is 9.07. The van der Waals surface area contributed by atoms with Crippen molar-refractivity contribution in [3.63, 3.8) is 0 Å². The first-order valence-corrected chi connectivity index (χ1v) is 9.93. The molecular weight excluding hydrogens is 397 g/mol. The van der Waals surface area contributed by atoms with Gasteiger partial charge in [-0.1, -0.05) is 36.5 Å². The van der Waals surface area contributed by atoms with Crippen molar-refractivity contribution in [3.05, 3.63) is 59.4 Å². The van der Waals surface area contributed by atoms with Gasteiger partial charge in [-0.05, 0) is 35.7 Å². The number of carbonyl (C=O) groups is 1. The van der Waals surface area contributed by atoms with Gasteiger partial charge in [0.1, 0.15) is 16.2 Å². The van der Waals surface area contributed by atoms with E-state index in [0.717, 1.165) is 13.0 Å². The predicted molar refractivity (Wildman–Crippen MR) is 115 cm³/mol. The van der Waals surface area contributed by atoms with Gasteiger partial charge in [-0.3, -0.25) is 4.90 Å². The second-order valence-electron chi connectivity index (χ2n) is 6.88. The Morgan fingerprint density at radius 2 is 2.07 bits per heavy atom. The molecule has 5 nitrogen and oxygen atoms in total. The summed E-state index contributed by atoms with van der Waals surface area (Å²) in [5.74, 6) is -0.345. The van der Waals surface area contributed by atoms with Crippen LogP contribution in [0.25, 0.3) is 0 Å². The van der Waals surface area contributed by atoms with Crippen LogP contribution >= 0.6 is 24.8 Å². The lowest BCUT2D eigenvalue weighted by molar-refractivity contribution is 0.143. The van der Waals surface area contributed by atoms with Crippen molar-refractivity contribution in [2.45, 2.75) is 19.1 Å². The van der Waals surface area contributed by atoms with Gasteiger partial charge in [0.15, 0.2) is 0 Å². The Balaban J connectivity index is 1.48. The van der Waals surface area contributed by atoms with Gasteiger partial charge in [0, 0.05) is 13.1 Å². The minimum atomic E-state index is -0.490. The van der Waals surface area contributed by atoms with E-state index in [0.29, 0.717) is 35.3 Å². The minimum Gasteiger partial charge on any atom is -0.442 e. The molecule has 0 radical (unpaired) electrons. The average molecular weight is 418 g/mol. The molecule has 0 bridgehead atoms. The van der Waals surface area contributed by atoms with E-state index in [2.05, 4.69) is 30.1 Å². The third-order valence-electron chi connectivity index (χ3n) is 5.07. The van der Waals surface area contributed by atoms with Gasteiger partial charge in [0.25, 0.3) is 0 Å². The third-order valence-corrected chi connectivity index (χ3v) is 5.37. The van der Waals surface area contributed by atoms with E-state index in [9.17, 15) is 9.18 Å². The summed E-state index contributed by atoms with van der Waals surface area (Å²) in [7, 11) is 0. The van der Waals surface area contributed by atoms with Crippen LogP contribution in [0.1, 0.15) is 11.1 Å². The molecule has 1 N–H and O–H groups in total. The van der Waals surface area contributed by atoms with E-state index in [1.54, 1.807) is 12.1 Å². The summed E-state index contributed by atoms with van der Waals surface area (Å²) in [6.07, 6.45) is 0.0344. The lowest BCUT2D eigenvalue weighted by Crippen LogP contribution is -2.32. The van der Waals surface area contributed by atoms with Crippen LogP contribution in [0.4, 0.5) is 20.6 Å². The van der Waals surface area contributed by atoms with Gasteiger partial charge in [0.05, 0.1) is 24.5 Å². The van der Waals surface area contributed by atoms with E-state index in [1.807, 2.05) is 17.0 Å². The van der Waals surface area contributed by atoms with Crippen LogP contribution in [0.2, 0.25) is 0 Å². The molecule has 4 rings (SSSR count). The first-order chi connectivity index (χ1) is 13.5. The Morgan fingerprint density at radius 3 is 2.82 bits per heavy atom. The molecule has 0 aliphatic carbocycles. The number of anilines is 2. The highest BCUT2D eigenvalue weighted by Gasteiger charge is 2.33. The molecule has 0 aromatic heterocycles. The Hall–Kier alpha value is -2.32. The van der Waals surface area contributed by atoms with Crippen LogP contribution in [0, 0.1) is 5.82 Å². The van der Waals surface area contributed by atoms with Gasteiger partial charge in [-0.15, -0.1) is 12.6 Å². The van der Waals surface area contributed by atoms with Gasteiger partial charge in [-0.2, -0.15) is 0 Å². The number of hydrogen-bond donors (Lipinski definition) is 2. The number of ether oxygens (including phenoxy) is 1. The molecule has 1 saturated heterocycles. The second-order valence-corrected chi connectivity index (χ2v) is 8.04. The molecule has 0 saturated carbocycles. The number of nitrogens with zero attached hydrogens (tertiary/aromatic N) is 2. The average Bonchev–Trinajstić information content (AvgIpc) is 3.06. The fraction of sp³-hybridized carbons (Fsp3) is 0.300. The van der Waals surface area contributed by atoms with Crippen molar-refractivity contribution in [1.82, 2.24) is 5.32 Å². The minimum absolute atomic E-state index is 0.331. The SMILES string of the molecule is O=C1O[C@@H](CNC(=S)S)CN1c1ccc(N2CCc3ccccc3C2)c(F)c1. The van der Waals surface area contributed by atoms with E-state index >= 15 is 0 Å². The summed E-state index contributed by atoms with van der Waals surface area (Å²) in [5.41, 5.74) is 3.57. The van der Waals surface area contributed by atoms with E-state index in [4.69, 9.17) is 17.0 Å². The molecule has 1 atom stereocenters. The number of hydrogen-bond acceptors (Lipinski definition) is 4. The zero-order valence-corrected chi connectivity index (χ0v) is 16.8. The number of fused-ring (bicyclic) bond motifs is 1. The molecule has 8 heteroatoms. The smallest absolute Gasteiger partial charge is 0.414 e. The molecule has 2 heterocycles. The molecule has 28 heavy (non-hydrogen) atoms. The molecule has 2 aromatic carbocycles. The van der Waals surface area contributed by atoms with E-state index in [1.165, 1.54) is 22.1 Å². The largest absolute Gasteiger partial charge is 0.442 e. The van der Waals surface area contributed by atoms with Crippen LogP contribution in [0.3, 0.4) is 0 Å². The maximum atomic E-state index is 14.9. The summed E-state index contributed by atoms with van der Waals surface area (Å²) >= 11 is 8.84. The van der Waals surface area contributed by atoms with Crippen LogP contribution in [0.5, 0.6) is 0 Å². The van der Waals surface area contributed by atoms with Crippen LogP contribution < -0.4 is 15.1 Å². The summed E-state index contributed by atoms with van der Waals surface area (Å²) in [6, 6.07) is 13.1. The maximum Gasteiger partial charge on any atom is 0.414 e. The number of carbonyl (C=O) groups excluding carboxylic acids is 1. The summed E-state index contributed by atoms with van der Waals surface area (Å²) < 4.78 is 20.5. The van der Waals surface area contributed by atoms with Crippen molar-refractivity contribution in [3.8, 4) is 0 Å². The first kappa shape index (κ1) is 19.0. The fourth-order valence-electron chi connectivity index (χ4n) is 3.66. The van der Waals surface area contributed by atoms with Gasteiger partial charge in [-0.25, -0.2) is 9.18 Å². The number of rotatable bonds is 4. The Labute approximate surface area is 173 Å². The topological polar surface area (TPSA) is 44.8 Å². The van der Waals surface area contributed by atoms with Crippen LogP contribution in [0.15, 0.2) is 42.5 Å². The van der Waals surface area contributed by atoms with E-state index < -0.39 is 6.09 Å². The molecule has 0 unspecified atom stereocenters. The molecular formula is C20H20FN3O2S2. The zero-order chi connectivity index (χ0) is 19.7. The van der Waals surface area contributed by atoms with Gasteiger partial charge >= 0.3 is 6.09 Å². The molecule has 1 amide bonds. The number of halogens is 1. The van der Waals surface area contributed by atoms with Crippen molar-refractivity contribution in [2.75, 3.05) is 29.4 Å². The second kappa shape index (κ2) is 7.97. The lowest BCUT2D eigenvalue weighted by atomic mass is 9.99. The standard InChI is InChI=1S/C20H20FN3O2S2/c21-17-9-15(24-12-16(26-20(24)25)10-22-19(27)28)5-6-18(17)23-8-7-13-3-1-2-4-14(13)11-23/h1-6,9,16H,7-8,10-12H2,(H2,22,27,28)/t16-/m0/s1. The third kappa shape index (κ3) is 3.93. The molecule has 1 fully saturated rings. The Kier molecular flexibility index (Phi) is 5.41. The van der Waals surface area contributed by atoms with Crippen molar-refractivity contribution in [2.24, 2.45) is 0 Å². The molecule has 146 valence electrons. The highest BCUT2D eigenvalue weighted by molar-refractivity contribution is 8.11. The molecule has 2 aliphatic rings. The molecule has 0 spiro atoms. The summed E-state index contributed by atoms with van der Waals surface area (Å²) in [5, 5.41) is 2.86. The Morgan fingerprint density at radius 1 is 1.29 bits per heavy atom. The number of nitrogens with one attached hydrogen (secondary N) is 1. The van der Waals surface area contributed by atoms with Crippen LogP contribution in [-0.4, -0.2) is 36.2 Å². The van der Waals surface area contributed by atoms with Crippen molar-refractivity contribution >= 4 is 46.6 Å². The van der Waals surface area contributed by atoms with Gasteiger partial charge < -0.3 is 15.0 Å². The predicted octanol–water partition coefficient (Wildman–Crippen LogP) is 3.52. The fourth-order valence-corrected chi connectivity index (χ4v) is 3.84. The lowest BCUT2D eigenvalue weighted by Gasteiger charge is -2.31. The molecule has 2 aromatic rings. The summed E-state index contributed by atoms with van der Waals surface area (Å²) in [6.45, 7) is 2.14.